The zero-order chi connectivity index (χ0) is 21.8. The highest BCUT2D eigenvalue weighted by atomic mass is 32.2. The first-order valence-corrected chi connectivity index (χ1v) is 12.8. The van der Waals surface area contributed by atoms with Crippen LogP contribution in [0.25, 0.3) is 0 Å². The van der Waals surface area contributed by atoms with Gasteiger partial charge in [-0.25, -0.2) is 8.42 Å². The van der Waals surface area contributed by atoms with Gasteiger partial charge in [0.05, 0.1) is 10.8 Å². The van der Waals surface area contributed by atoms with Crippen molar-refractivity contribution >= 4 is 15.9 Å². The van der Waals surface area contributed by atoms with Gasteiger partial charge in [-0.05, 0) is 62.6 Å². The number of carbonyl (C=O) groups excluding carboxylic acids is 1. The molecule has 2 saturated heterocycles. The van der Waals surface area contributed by atoms with Crippen molar-refractivity contribution in [2.24, 2.45) is 11.8 Å². The molecule has 166 valence electrons. The van der Waals surface area contributed by atoms with Crippen LogP contribution in [0.15, 0.2) is 59.5 Å². The van der Waals surface area contributed by atoms with Crippen molar-refractivity contribution in [2.75, 3.05) is 26.2 Å². The average Bonchev–Trinajstić information content (AvgIpc) is 2.80. The molecule has 0 unspecified atom stereocenters. The van der Waals surface area contributed by atoms with Crippen LogP contribution in [0.2, 0.25) is 0 Å². The highest BCUT2D eigenvalue weighted by Crippen LogP contribution is 2.28. The van der Waals surface area contributed by atoms with Crippen LogP contribution in [-0.4, -0.2) is 49.7 Å². The van der Waals surface area contributed by atoms with Crippen LogP contribution in [0.5, 0.6) is 0 Å². The third-order valence-corrected chi connectivity index (χ3v) is 8.56. The monoisotopic (exact) mass is 440 g/mol. The summed E-state index contributed by atoms with van der Waals surface area (Å²) in [5.74, 6) is 0.498. The normalized spacial score (nSPS) is 21.2. The number of carbonyl (C=O) groups is 1. The summed E-state index contributed by atoms with van der Waals surface area (Å²) >= 11 is 0. The van der Waals surface area contributed by atoms with E-state index in [1.165, 1.54) is 9.87 Å². The molecular formula is C25H32N2O3S. The minimum absolute atomic E-state index is 0.127. The molecule has 2 aliphatic heterocycles. The van der Waals surface area contributed by atoms with Gasteiger partial charge >= 0.3 is 0 Å². The first-order valence-electron chi connectivity index (χ1n) is 11.3. The summed E-state index contributed by atoms with van der Waals surface area (Å²) in [6.45, 7) is 4.27. The van der Waals surface area contributed by atoms with Gasteiger partial charge in [0.15, 0.2) is 0 Å². The van der Waals surface area contributed by atoms with E-state index in [9.17, 15) is 13.2 Å². The Labute approximate surface area is 186 Å². The molecule has 0 bridgehead atoms. The summed E-state index contributed by atoms with van der Waals surface area (Å²) in [6.07, 6.45) is 4.58. The fourth-order valence-electron chi connectivity index (χ4n) is 4.78. The fourth-order valence-corrected chi connectivity index (χ4v) is 6.31. The molecule has 2 aromatic rings. The van der Waals surface area contributed by atoms with Gasteiger partial charge in [0.2, 0.25) is 15.9 Å². The van der Waals surface area contributed by atoms with Crippen LogP contribution in [-0.2, 0) is 21.2 Å². The predicted molar refractivity (Wildman–Crippen MR) is 122 cm³/mol. The Morgan fingerprint density at radius 3 is 2.29 bits per heavy atom. The van der Waals surface area contributed by atoms with E-state index in [-0.39, 0.29) is 11.8 Å². The van der Waals surface area contributed by atoms with E-state index in [1.54, 1.807) is 12.1 Å². The van der Waals surface area contributed by atoms with E-state index < -0.39 is 10.0 Å². The standard InChI is InChI=1S/C25H32N2O3S/c1-20-9-11-24(12-10-20)31(29,30)27-15-5-8-23(19-27)25(28)26-16-13-22(14-17-26)18-21-6-3-2-4-7-21/h2-4,6-7,9-12,22-23H,5,8,13-19H2,1H3/t23-/m1/s1. The maximum absolute atomic E-state index is 13.2. The summed E-state index contributed by atoms with van der Waals surface area (Å²) in [6, 6.07) is 17.5. The molecule has 31 heavy (non-hydrogen) atoms. The highest BCUT2D eigenvalue weighted by Gasteiger charge is 2.36. The molecular weight excluding hydrogens is 408 g/mol. The SMILES string of the molecule is Cc1ccc(S(=O)(=O)N2CCC[C@@H](C(=O)N3CCC(Cc4ccccc4)CC3)C2)cc1. The van der Waals surface area contributed by atoms with Crippen LogP contribution in [0, 0.1) is 18.8 Å². The number of aryl methyl sites for hydroxylation is 1. The first kappa shape index (κ1) is 22.0. The molecule has 0 aliphatic carbocycles. The number of sulfonamides is 1. The van der Waals surface area contributed by atoms with E-state index in [2.05, 4.69) is 24.3 Å². The number of benzene rings is 2. The number of hydrogen-bond acceptors (Lipinski definition) is 3. The lowest BCUT2D eigenvalue weighted by molar-refractivity contribution is -0.138. The summed E-state index contributed by atoms with van der Waals surface area (Å²) in [5, 5.41) is 0. The molecule has 0 N–H and O–H groups in total. The number of piperidine rings is 2. The van der Waals surface area contributed by atoms with E-state index in [0.29, 0.717) is 23.9 Å². The van der Waals surface area contributed by atoms with Gasteiger partial charge < -0.3 is 4.90 Å². The van der Waals surface area contributed by atoms with Crippen molar-refractivity contribution in [3.05, 3.63) is 65.7 Å². The summed E-state index contributed by atoms with van der Waals surface area (Å²) < 4.78 is 27.6. The Bertz CT molecular complexity index is 981. The topological polar surface area (TPSA) is 57.7 Å². The molecule has 2 aliphatic rings. The molecule has 1 amide bonds. The third-order valence-electron chi connectivity index (χ3n) is 6.69. The van der Waals surface area contributed by atoms with Crippen molar-refractivity contribution in [3.63, 3.8) is 0 Å². The summed E-state index contributed by atoms with van der Waals surface area (Å²) in [5.41, 5.74) is 2.39. The zero-order valence-electron chi connectivity index (χ0n) is 18.2. The van der Waals surface area contributed by atoms with Gasteiger partial charge in [0.1, 0.15) is 0 Å². The summed E-state index contributed by atoms with van der Waals surface area (Å²) in [4.78, 5) is 15.5. The molecule has 4 rings (SSSR count). The molecule has 2 fully saturated rings. The maximum Gasteiger partial charge on any atom is 0.243 e. The lowest BCUT2D eigenvalue weighted by Crippen LogP contribution is -2.48. The zero-order valence-corrected chi connectivity index (χ0v) is 19.1. The second-order valence-electron chi connectivity index (χ2n) is 8.97. The molecule has 2 heterocycles. The smallest absolute Gasteiger partial charge is 0.243 e. The van der Waals surface area contributed by atoms with Crippen molar-refractivity contribution in [3.8, 4) is 0 Å². The molecule has 0 radical (unpaired) electrons. The van der Waals surface area contributed by atoms with Crippen molar-refractivity contribution in [1.82, 2.24) is 9.21 Å². The minimum Gasteiger partial charge on any atom is -0.342 e. The van der Waals surface area contributed by atoms with Crippen LogP contribution in [0.3, 0.4) is 0 Å². The lowest BCUT2D eigenvalue weighted by Gasteiger charge is -2.37. The Kier molecular flexibility index (Phi) is 6.77. The number of rotatable bonds is 5. The van der Waals surface area contributed by atoms with Crippen LogP contribution < -0.4 is 0 Å². The Balaban J connectivity index is 1.34. The van der Waals surface area contributed by atoms with Crippen LogP contribution >= 0.6 is 0 Å². The van der Waals surface area contributed by atoms with E-state index >= 15 is 0 Å². The number of likely N-dealkylation sites (tertiary alicyclic amines) is 1. The Hall–Kier alpha value is -2.18. The fraction of sp³-hybridized carbons (Fsp3) is 0.480. The summed E-state index contributed by atoms with van der Waals surface area (Å²) in [7, 11) is -3.56. The molecule has 0 aromatic heterocycles. The van der Waals surface area contributed by atoms with E-state index in [1.807, 2.05) is 30.0 Å². The Morgan fingerprint density at radius 1 is 0.935 bits per heavy atom. The van der Waals surface area contributed by atoms with Gasteiger partial charge in [-0.1, -0.05) is 48.0 Å². The van der Waals surface area contributed by atoms with Gasteiger partial charge in [-0.2, -0.15) is 4.31 Å². The maximum atomic E-state index is 13.2. The molecule has 0 saturated carbocycles. The minimum atomic E-state index is -3.56. The van der Waals surface area contributed by atoms with Crippen LogP contribution in [0.1, 0.15) is 36.8 Å². The predicted octanol–water partition coefficient (Wildman–Crippen LogP) is 3.88. The molecule has 5 nitrogen and oxygen atoms in total. The third kappa shape index (κ3) is 5.18. The molecule has 0 spiro atoms. The van der Waals surface area contributed by atoms with Crippen molar-refractivity contribution in [2.45, 2.75) is 43.9 Å². The Morgan fingerprint density at radius 2 is 1.61 bits per heavy atom. The number of hydrogen-bond donors (Lipinski definition) is 0. The number of nitrogens with zero attached hydrogens (tertiary/aromatic N) is 2. The van der Waals surface area contributed by atoms with Crippen molar-refractivity contribution in [1.29, 1.82) is 0 Å². The number of amides is 1. The largest absolute Gasteiger partial charge is 0.342 e. The van der Waals surface area contributed by atoms with Gasteiger partial charge in [0.25, 0.3) is 0 Å². The first-order chi connectivity index (χ1) is 14.9. The van der Waals surface area contributed by atoms with E-state index in [0.717, 1.165) is 50.8 Å². The van der Waals surface area contributed by atoms with Gasteiger partial charge in [0, 0.05) is 26.2 Å². The quantitative estimate of drug-likeness (QED) is 0.709. The van der Waals surface area contributed by atoms with Crippen molar-refractivity contribution < 1.29 is 13.2 Å². The van der Waals surface area contributed by atoms with Gasteiger partial charge in [-0.3, -0.25) is 4.79 Å². The lowest BCUT2D eigenvalue weighted by atomic mass is 9.89. The highest BCUT2D eigenvalue weighted by molar-refractivity contribution is 7.89. The second kappa shape index (κ2) is 9.53. The molecule has 2 aromatic carbocycles. The average molecular weight is 441 g/mol. The second-order valence-corrected chi connectivity index (χ2v) is 10.9. The molecule has 1 atom stereocenters. The van der Waals surface area contributed by atoms with Gasteiger partial charge in [-0.15, -0.1) is 0 Å². The molecule has 6 heteroatoms. The van der Waals surface area contributed by atoms with Crippen LogP contribution in [0.4, 0.5) is 0 Å². The van der Waals surface area contributed by atoms with E-state index in [4.69, 9.17) is 0 Å².